The summed E-state index contributed by atoms with van der Waals surface area (Å²) in [6.07, 6.45) is 25.7. The molecule has 0 saturated carbocycles. The Kier molecular flexibility index (Phi) is 13.9. The first-order chi connectivity index (χ1) is 28.1. The van der Waals surface area contributed by atoms with Crippen molar-refractivity contribution in [2.24, 2.45) is 0 Å². The summed E-state index contributed by atoms with van der Waals surface area (Å²) in [6.45, 7) is 0. The maximum Gasteiger partial charge on any atom is 0.199 e. The van der Waals surface area contributed by atoms with E-state index in [9.17, 15) is 4.32 Å². The van der Waals surface area contributed by atoms with Gasteiger partial charge in [0.05, 0.1) is 0 Å². The molecule has 8 heteroatoms. The lowest BCUT2D eigenvalue weighted by Gasteiger charge is -2.20. The number of hydrogen-bond acceptors (Lipinski definition) is 4. The van der Waals surface area contributed by atoms with Gasteiger partial charge < -0.3 is 23.8 Å². The summed E-state index contributed by atoms with van der Waals surface area (Å²) in [4.78, 5) is 0. The molecule has 0 bridgehead atoms. The average Bonchev–Trinajstić information content (AvgIpc) is 3.27. The van der Waals surface area contributed by atoms with Crippen LogP contribution >= 0.6 is 0 Å². The maximum absolute atomic E-state index is 9.89. The van der Waals surface area contributed by atoms with Crippen LogP contribution in [0.1, 0.15) is 22.3 Å². The third-order valence-electron chi connectivity index (χ3n) is 9.25. The summed E-state index contributed by atoms with van der Waals surface area (Å²) in [6, 6.07) is 41.0. The molecule has 0 unspecified atom stereocenters. The fourth-order valence-electron chi connectivity index (χ4n) is 6.22. The number of allylic oxidation sites excluding steroid dienone is 16. The topological polar surface area (TPSA) is 70.6 Å². The molecule has 2 heterocycles. The second kappa shape index (κ2) is 19.8. The van der Waals surface area contributed by atoms with Crippen LogP contribution in [0, 0.1) is 0 Å². The minimum Gasteiger partial charge on any atom is -0.867 e. The molecule has 2 aliphatic carbocycles. The molecular weight excluding hydrogens is 722 g/mol. The van der Waals surface area contributed by atoms with Crippen molar-refractivity contribution in [2.75, 3.05) is 28.2 Å². The van der Waals surface area contributed by atoms with Gasteiger partial charge in [-0.2, -0.15) is 0 Å². The maximum atomic E-state index is 9.89. The Morgan fingerprint density at radius 2 is 0.603 bits per heavy atom. The molecule has 0 atom stereocenters. The zero-order valence-corrected chi connectivity index (χ0v) is 33.0. The molecular formula is C50H44BFN2O4. The van der Waals surface area contributed by atoms with Gasteiger partial charge in [0.1, 0.15) is 58.6 Å². The van der Waals surface area contributed by atoms with Crippen molar-refractivity contribution in [1.82, 2.24) is 0 Å². The molecule has 0 N–H and O–H groups in total. The zero-order chi connectivity index (χ0) is 40.9. The molecule has 8 rings (SSSR count). The Morgan fingerprint density at radius 3 is 0.810 bits per heavy atom. The van der Waals surface area contributed by atoms with E-state index in [0.29, 0.717) is 0 Å². The molecule has 58 heavy (non-hydrogen) atoms. The van der Waals surface area contributed by atoms with Gasteiger partial charge in [0.2, 0.25) is 0 Å². The SMILES string of the molecule is C[N+](C)=C1C=CC(=C2C=C(c3ccccc3)OC(c3ccccc3)=C2)C=C1.C[N+](C)=C1C=CC(=C2C=C(c3ccccc3)OC(c3ccccc3)=C2)C=C1.[O-]B([O-])F. The second-order valence-corrected chi connectivity index (χ2v) is 13.8. The Labute approximate surface area is 340 Å². The fourth-order valence-corrected chi connectivity index (χ4v) is 6.22. The van der Waals surface area contributed by atoms with Gasteiger partial charge in [0, 0.05) is 46.6 Å². The monoisotopic (exact) mass is 766 g/mol. The van der Waals surface area contributed by atoms with Crippen molar-refractivity contribution in [2.45, 2.75) is 0 Å². The van der Waals surface area contributed by atoms with Crippen molar-refractivity contribution in [3.63, 3.8) is 0 Å². The fraction of sp³-hybridized carbons (Fsp3) is 0.0800. The van der Waals surface area contributed by atoms with Crippen LogP contribution in [0.3, 0.4) is 0 Å². The van der Waals surface area contributed by atoms with E-state index in [4.69, 9.17) is 19.5 Å². The Bertz CT molecular complexity index is 2150. The van der Waals surface area contributed by atoms with Crippen molar-refractivity contribution in [1.29, 1.82) is 0 Å². The minimum absolute atomic E-state index is 0.864. The number of hydrogen-bond donors (Lipinski definition) is 0. The molecule has 0 saturated heterocycles. The molecule has 0 aromatic heterocycles. The largest absolute Gasteiger partial charge is 0.867 e. The lowest BCUT2D eigenvalue weighted by molar-refractivity contribution is -0.462. The number of halogens is 1. The summed E-state index contributed by atoms with van der Waals surface area (Å²) >= 11 is 0. The number of nitrogens with zero attached hydrogens (tertiary/aromatic N) is 2. The van der Waals surface area contributed by atoms with Crippen LogP contribution in [0.4, 0.5) is 4.32 Å². The predicted octanol–water partition coefficient (Wildman–Crippen LogP) is 8.13. The summed E-state index contributed by atoms with van der Waals surface area (Å²) in [5.41, 5.74) is 11.3. The standard InChI is InChI=1S/2C25H22NO.BFO2/c2*1-26(2)23-15-13-19(14-16-23)22-17-24(20-9-5-3-6-10-20)27-25(18-22)21-11-7-4-8-12-21;2-1(3)4/h2*3-18H,1-2H3;/q2*+1;-2. The molecule has 6 nitrogen and oxygen atoms in total. The first kappa shape index (κ1) is 40.8. The van der Waals surface area contributed by atoms with Gasteiger partial charge >= 0.3 is 0 Å². The smallest absolute Gasteiger partial charge is 0.199 e. The lowest BCUT2D eigenvalue weighted by Crippen LogP contribution is -2.39. The molecule has 0 radical (unpaired) electrons. The third kappa shape index (κ3) is 11.1. The van der Waals surface area contributed by atoms with Crippen molar-refractivity contribution >= 4 is 41.9 Å². The van der Waals surface area contributed by atoms with Gasteiger partial charge in [-0.3, -0.25) is 0 Å². The number of ether oxygens (including phenoxy) is 2. The van der Waals surface area contributed by atoms with E-state index in [1.165, 1.54) is 22.6 Å². The highest BCUT2D eigenvalue weighted by Crippen LogP contribution is 2.35. The predicted molar refractivity (Wildman–Crippen MR) is 232 cm³/mol. The summed E-state index contributed by atoms with van der Waals surface area (Å²) in [5.74, 6) is 3.46. The van der Waals surface area contributed by atoms with Crippen LogP contribution in [0.15, 0.2) is 217 Å². The van der Waals surface area contributed by atoms with Gasteiger partial charge in [0.15, 0.2) is 11.4 Å². The van der Waals surface area contributed by atoms with Gasteiger partial charge in [-0.1, -0.05) is 121 Å². The minimum atomic E-state index is -3.17. The first-order valence-corrected chi connectivity index (χ1v) is 18.8. The number of benzene rings is 4. The molecule has 4 aliphatic rings. The van der Waals surface area contributed by atoms with Crippen LogP contribution in [-0.2, 0) is 9.47 Å². The highest BCUT2D eigenvalue weighted by molar-refractivity contribution is 6.27. The van der Waals surface area contributed by atoms with Crippen LogP contribution in [0.5, 0.6) is 0 Å². The van der Waals surface area contributed by atoms with Crippen LogP contribution < -0.4 is 10.0 Å². The van der Waals surface area contributed by atoms with Crippen LogP contribution in [0.2, 0.25) is 0 Å². The van der Waals surface area contributed by atoms with E-state index < -0.39 is 7.40 Å². The lowest BCUT2D eigenvalue weighted by atomic mass is 9.97. The summed E-state index contributed by atoms with van der Waals surface area (Å²) < 4.78 is 26.6. The molecule has 4 aromatic rings. The van der Waals surface area contributed by atoms with Gasteiger partial charge in [-0.15, -0.1) is 0 Å². The Balaban J connectivity index is 0.000000179. The van der Waals surface area contributed by atoms with Gasteiger partial charge in [0.25, 0.3) is 0 Å². The molecule has 0 amide bonds. The molecule has 0 fully saturated rings. The second-order valence-electron chi connectivity index (χ2n) is 13.8. The average molecular weight is 767 g/mol. The van der Waals surface area contributed by atoms with Crippen molar-refractivity contribution in [3.05, 3.63) is 239 Å². The van der Waals surface area contributed by atoms with Crippen molar-refractivity contribution < 1.29 is 33.0 Å². The van der Waals surface area contributed by atoms with E-state index >= 15 is 0 Å². The van der Waals surface area contributed by atoms with Crippen LogP contribution in [0.25, 0.3) is 23.0 Å². The normalized spacial score (nSPS) is 15.4. The van der Waals surface area contributed by atoms with E-state index in [2.05, 4.69) is 159 Å². The first-order valence-electron chi connectivity index (χ1n) is 18.8. The quantitative estimate of drug-likeness (QED) is 0.156. The highest BCUT2D eigenvalue weighted by atomic mass is 19.1. The van der Waals surface area contributed by atoms with Gasteiger partial charge in [-0.25, -0.2) is 9.15 Å². The molecule has 288 valence electrons. The Morgan fingerprint density at radius 1 is 0.379 bits per heavy atom. The van der Waals surface area contributed by atoms with E-state index in [-0.39, 0.29) is 0 Å². The van der Waals surface area contributed by atoms with Crippen molar-refractivity contribution in [3.8, 4) is 0 Å². The van der Waals surface area contributed by atoms with E-state index in [0.717, 1.165) is 56.4 Å². The Hall–Kier alpha value is -6.87. The third-order valence-corrected chi connectivity index (χ3v) is 9.25. The zero-order valence-electron chi connectivity index (χ0n) is 33.0. The number of rotatable bonds is 4. The summed E-state index contributed by atoms with van der Waals surface area (Å²) in [5, 5.41) is 16.6. The van der Waals surface area contributed by atoms with E-state index in [1.807, 2.05) is 72.8 Å². The van der Waals surface area contributed by atoms with Crippen LogP contribution in [-0.4, -0.2) is 56.2 Å². The van der Waals surface area contributed by atoms with Gasteiger partial charge in [-0.05, 0) is 70.9 Å². The molecule has 4 aromatic carbocycles. The summed E-state index contributed by atoms with van der Waals surface area (Å²) in [7, 11) is 5.05. The van der Waals surface area contributed by atoms with E-state index in [1.54, 1.807) is 0 Å². The highest BCUT2D eigenvalue weighted by Gasteiger charge is 2.19. The molecule has 2 aliphatic heterocycles. The molecule has 0 spiro atoms.